The van der Waals surface area contributed by atoms with Gasteiger partial charge in [-0.05, 0) is 49.9 Å². The second kappa shape index (κ2) is 7.79. The fourth-order valence-electron chi connectivity index (χ4n) is 3.57. The molecular weight excluding hydrogens is 314 g/mol. The molecule has 1 aromatic carbocycles. The van der Waals surface area contributed by atoms with Crippen LogP contribution in [0.25, 0.3) is 0 Å². The minimum absolute atomic E-state index is 0. The van der Waals surface area contributed by atoms with Crippen LogP contribution in [0.5, 0.6) is 0 Å². The highest BCUT2D eigenvalue weighted by molar-refractivity contribution is 5.97. The summed E-state index contributed by atoms with van der Waals surface area (Å²) in [5.74, 6) is 0.519. The molecule has 23 heavy (non-hydrogen) atoms. The third-order valence-corrected chi connectivity index (χ3v) is 4.80. The lowest BCUT2D eigenvalue weighted by atomic mass is 9.95. The van der Waals surface area contributed by atoms with E-state index < -0.39 is 0 Å². The Kier molecular flexibility index (Phi) is 6.02. The van der Waals surface area contributed by atoms with Gasteiger partial charge in [0.05, 0.1) is 0 Å². The summed E-state index contributed by atoms with van der Waals surface area (Å²) >= 11 is 0. The third kappa shape index (κ3) is 3.85. The molecule has 2 aliphatic rings. The van der Waals surface area contributed by atoms with Crippen molar-refractivity contribution in [3.05, 3.63) is 24.3 Å². The van der Waals surface area contributed by atoms with Crippen LogP contribution in [0.15, 0.2) is 24.3 Å². The van der Waals surface area contributed by atoms with Gasteiger partial charge < -0.3 is 16.0 Å². The minimum atomic E-state index is 0. The molecule has 6 heteroatoms. The van der Waals surface area contributed by atoms with Crippen molar-refractivity contribution in [2.45, 2.75) is 32.1 Å². The lowest BCUT2D eigenvalue weighted by Gasteiger charge is -2.19. The number of amides is 2. The van der Waals surface area contributed by atoms with Gasteiger partial charge in [0.25, 0.3) is 0 Å². The quantitative estimate of drug-likeness (QED) is 0.886. The van der Waals surface area contributed by atoms with Gasteiger partial charge in [-0.2, -0.15) is 0 Å². The highest BCUT2D eigenvalue weighted by atomic mass is 35.5. The van der Waals surface area contributed by atoms with Gasteiger partial charge in [-0.15, -0.1) is 12.4 Å². The van der Waals surface area contributed by atoms with Gasteiger partial charge in [-0.25, -0.2) is 0 Å². The molecule has 3 rings (SSSR count). The summed E-state index contributed by atoms with van der Waals surface area (Å²) in [4.78, 5) is 26.0. The molecule has 1 heterocycles. The Morgan fingerprint density at radius 2 is 2.13 bits per heavy atom. The van der Waals surface area contributed by atoms with Crippen molar-refractivity contribution < 1.29 is 9.59 Å². The third-order valence-electron chi connectivity index (χ3n) is 4.80. The monoisotopic (exact) mass is 337 g/mol. The zero-order valence-electron chi connectivity index (χ0n) is 13.2. The van der Waals surface area contributed by atoms with Crippen LogP contribution in [0.4, 0.5) is 11.4 Å². The molecule has 0 bridgehead atoms. The molecule has 1 aliphatic heterocycles. The fourth-order valence-corrected chi connectivity index (χ4v) is 3.57. The van der Waals surface area contributed by atoms with E-state index in [-0.39, 0.29) is 30.1 Å². The van der Waals surface area contributed by atoms with Crippen molar-refractivity contribution in [3.63, 3.8) is 0 Å². The van der Waals surface area contributed by atoms with Crippen LogP contribution in [0.2, 0.25) is 0 Å². The van der Waals surface area contributed by atoms with E-state index in [1.165, 1.54) is 0 Å². The highest BCUT2D eigenvalue weighted by Gasteiger charge is 2.32. The van der Waals surface area contributed by atoms with E-state index >= 15 is 0 Å². The molecule has 1 aliphatic carbocycles. The zero-order chi connectivity index (χ0) is 15.5. The van der Waals surface area contributed by atoms with Crippen molar-refractivity contribution in [1.82, 2.24) is 0 Å². The molecule has 2 fully saturated rings. The number of nitrogens with two attached hydrogens (primary N) is 1. The van der Waals surface area contributed by atoms with Gasteiger partial charge in [-0.3, -0.25) is 9.59 Å². The van der Waals surface area contributed by atoms with E-state index in [0.29, 0.717) is 18.9 Å². The number of nitrogens with zero attached hydrogens (tertiary/aromatic N) is 1. The summed E-state index contributed by atoms with van der Waals surface area (Å²) in [5.41, 5.74) is 7.37. The molecule has 1 saturated carbocycles. The molecule has 2 amide bonds. The molecule has 1 aromatic rings. The van der Waals surface area contributed by atoms with Gasteiger partial charge >= 0.3 is 0 Å². The number of rotatable bonds is 4. The van der Waals surface area contributed by atoms with E-state index in [1.807, 2.05) is 24.3 Å². The molecule has 1 saturated heterocycles. The summed E-state index contributed by atoms with van der Waals surface area (Å²) in [6, 6.07) is 7.55. The maximum Gasteiger partial charge on any atom is 0.227 e. The average Bonchev–Trinajstić information content (AvgIpc) is 3.15. The Morgan fingerprint density at radius 1 is 1.30 bits per heavy atom. The highest BCUT2D eigenvalue weighted by Crippen LogP contribution is 2.32. The number of carbonyl (C=O) groups excluding carboxylic acids is 2. The fraction of sp³-hybridized carbons (Fsp3) is 0.529. The number of carbonyl (C=O) groups is 2. The standard InChI is InChI=1S/C17H23N3O2.ClH/c18-11-12-4-1-7-15(12)17(22)19-13-5-2-6-14(10-13)20-9-3-8-16(20)21;/h2,5-6,10,12,15H,1,3-4,7-9,11,18H2,(H,19,22);1H/t12-,15-;/m1./s1. The predicted molar refractivity (Wildman–Crippen MR) is 93.8 cm³/mol. The van der Waals surface area contributed by atoms with E-state index in [4.69, 9.17) is 5.73 Å². The number of nitrogens with one attached hydrogen (secondary N) is 1. The molecule has 3 N–H and O–H groups in total. The Balaban J connectivity index is 0.00000192. The van der Waals surface area contributed by atoms with Crippen LogP contribution in [-0.2, 0) is 9.59 Å². The van der Waals surface area contributed by atoms with Gasteiger partial charge in [0, 0.05) is 30.3 Å². The molecule has 0 radical (unpaired) electrons. The normalized spacial score (nSPS) is 23.7. The van der Waals surface area contributed by atoms with Crippen LogP contribution in [0, 0.1) is 11.8 Å². The Morgan fingerprint density at radius 3 is 2.83 bits per heavy atom. The number of hydrogen-bond donors (Lipinski definition) is 2. The molecule has 126 valence electrons. The maximum absolute atomic E-state index is 12.4. The Bertz CT molecular complexity index is 579. The number of anilines is 2. The van der Waals surface area contributed by atoms with Crippen molar-refractivity contribution in [1.29, 1.82) is 0 Å². The average molecular weight is 338 g/mol. The van der Waals surface area contributed by atoms with E-state index in [1.54, 1.807) is 4.90 Å². The molecule has 5 nitrogen and oxygen atoms in total. The first-order chi connectivity index (χ1) is 10.7. The molecule has 0 aromatic heterocycles. The van der Waals surface area contributed by atoms with E-state index in [9.17, 15) is 9.59 Å². The lowest BCUT2D eigenvalue weighted by Crippen LogP contribution is -2.30. The van der Waals surface area contributed by atoms with Crippen LogP contribution >= 0.6 is 12.4 Å². The summed E-state index contributed by atoms with van der Waals surface area (Å²) in [6.45, 7) is 1.33. The second-order valence-corrected chi connectivity index (χ2v) is 6.22. The van der Waals surface area contributed by atoms with Crippen molar-refractivity contribution >= 4 is 35.6 Å². The molecule has 2 atom stereocenters. The van der Waals surface area contributed by atoms with Gasteiger partial charge in [0.2, 0.25) is 11.8 Å². The zero-order valence-corrected chi connectivity index (χ0v) is 14.0. The van der Waals surface area contributed by atoms with Crippen LogP contribution in [0.1, 0.15) is 32.1 Å². The van der Waals surface area contributed by atoms with E-state index in [2.05, 4.69) is 5.32 Å². The topological polar surface area (TPSA) is 75.4 Å². The first kappa shape index (κ1) is 17.8. The Hall–Kier alpha value is -1.59. The van der Waals surface area contributed by atoms with Crippen molar-refractivity contribution in [2.75, 3.05) is 23.3 Å². The first-order valence-corrected chi connectivity index (χ1v) is 8.10. The smallest absolute Gasteiger partial charge is 0.227 e. The molecule has 0 spiro atoms. The van der Waals surface area contributed by atoms with Gasteiger partial charge in [-0.1, -0.05) is 12.5 Å². The summed E-state index contributed by atoms with van der Waals surface area (Å²) in [7, 11) is 0. The van der Waals surface area contributed by atoms with Gasteiger partial charge in [0.15, 0.2) is 0 Å². The predicted octanol–water partition coefficient (Wildman–Crippen LogP) is 2.55. The lowest BCUT2D eigenvalue weighted by molar-refractivity contribution is -0.120. The maximum atomic E-state index is 12.4. The van der Waals surface area contributed by atoms with Crippen LogP contribution < -0.4 is 16.0 Å². The van der Waals surface area contributed by atoms with Crippen molar-refractivity contribution in [2.24, 2.45) is 17.6 Å². The second-order valence-electron chi connectivity index (χ2n) is 6.22. The van der Waals surface area contributed by atoms with E-state index in [0.717, 1.165) is 43.6 Å². The summed E-state index contributed by atoms with van der Waals surface area (Å²) < 4.78 is 0. The molecule has 0 unspecified atom stereocenters. The molecular formula is C17H24ClN3O2. The van der Waals surface area contributed by atoms with Crippen molar-refractivity contribution in [3.8, 4) is 0 Å². The van der Waals surface area contributed by atoms with Gasteiger partial charge in [0.1, 0.15) is 0 Å². The minimum Gasteiger partial charge on any atom is -0.330 e. The first-order valence-electron chi connectivity index (χ1n) is 8.10. The number of halogens is 1. The largest absolute Gasteiger partial charge is 0.330 e. The van der Waals surface area contributed by atoms with Crippen LogP contribution in [0.3, 0.4) is 0 Å². The summed E-state index contributed by atoms with van der Waals surface area (Å²) in [5, 5.41) is 2.99. The number of hydrogen-bond acceptors (Lipinski definition) is 3. The number of benzene rings is 1. The van der Waals surface area contributed by atoms with Crippen LogP contribution in [-0.4, -0.2) is 24.9 Å². The summed E-state index contributed by atoms with van der Waals surface area (Å²) in [6.07, 6.45) is 4.53. The SMILES string of the molecule is Cl.NC[C@H]1CCC[C@H]1C(=O)Nc1cccc(N2CCCC2=O)c1. The Labute approximate surface area is 143 Å².